The minimum atomic E-state index is -0.848. The monoisotopic (exact) mass is 515 g/mol. The normalized spacial score (nSPS) is 11.1. The summed E-state index contributed by atoms with van der Waals surface area (Å²) < 4.78 is 19.6. The average molecular weight is 516 g/mol. The molecule has 0 radical (unpaired) electrons. The van der Waals surface area contributed by atoms with Gasteiger partial charge >= 0.3 is 18.0 Å². The van der Waals surface area contributed by atoms with Crippen molar-refractivity contribution in [2.45, 2.75) is 33.3 Å². The Balaban J connectivity index is 1.68. The summed E-state index contributed by atoms with van der Waals surface area (Å²) in [5.74, 6) is -2.19. The molecule has 0 aliphatic rings. The number of carbonyl (C=O) groups excluding carboxylic acids is 4. The molecule has 14 nitrogen and oxygen atoms in total. The molecule has 3 heterocycles. The third-order valence-corrected chi connectivity index (χ3v) is 4.69. The topological polar surface area (TPSA) is 161 Å². The van der Waals surface area contributed by atoms with Crippen molar-refractivity contribution in [2.24, 2.45) is 21.1 Å². The van der Waals surface area contributed by atoms with Crippen LogP contribution in [-0.4, -0.2) is 59.8 Å². The number of rotatable bonds is 7. The van der Waals surface area contributed by atoms with Gasteiger partial charge < -0.3 is 33.2 Å². The van der Waals surface area contributed by atoms with E-state index in [1.165, 1.54) is 32.2 Å². The SMILES string of the molecule is CCOC(=O)c1nc(OC(=O)c2nc(NC(=O)c3cc(NC(=O)OC(C)(C)C)cn3C)cn2C)cn1C. The number of carbonyl (C=O) groups is 4. The highest BCUT2D eigenvalue weighted by atomic mass is 16.6. The van der Waals surface area contributed by atoms with E-state index < -0.39 is 29.5 Å². The molecule has 0 bridgehead atoms. The fourth-order valence-electron chi connectivity index (χ4n) is 3.19. The van der Waals surface area contributed by atoms with Gasteiger partial charge in [0.15, 0.2) is 5.82 Å². The van der Waals surface area contributed by atoms with Gasteiger partial charge in [-0.2, -0.15) is 4.98 Å². The first-order valence-electron chi connectivity index (χ1n) is 11.2. The van der Waals surface area contributed by atoms with Gasteiger partial charge in [0, 0.05) is 33.5 Å². The van der Waals surface area contributed by atoms with Gasteiger partial charge in [-0.1, -0.05) is 0 Å². The molecule has 2 amide bonds. The highest BCUT2D eigenvalue weighted by Gasteiger charge is 2.23. The van der Waals surface area contributed by atoms with Crippen LogP contribution in [-0.2, 0) is 30.6 Å². The minimum Gasteiger partial charge on any atom is -0.460 e. The lowest BCUT2D eigenvalue weighted by molar-refractivity contribution is 0.0504. The van der Waals surface area contributed by atoms with Gasteiger partial charge in [0.05, 0.1) is 18.5 Å². The van der Waals surface area contributed by atoms with Crippen molar-refractivity contribution in [2.75, 3.05) is 17.2 Å². The van der Waals surface area contributed by atoms with Gasteiger partial charge in [-0.3, -0.25) is 10.1 Å². The summed E-state index contributed by atoms with van der Waals surface area (Å²) in [5, 5.41) is 5.17. The van der Waals surface area contributed by atoms with Crippen LogP contribution in [0.15, 0.2) is 24.7 Å². The zero-order chi connectivity index (χ0) is 27.5. The summed E-state index contributed by atoms with van der Waals surface area (Å²) in [7, 11) is 4.74. The number of aromatic nitrogens is 5. The zero-order valence-corrected chi connectivity index (χ0v) is 21.6. The lowest BCUT2D eigenvalue weighted by atomic mass is 10.2. The highest BCUT2D eigenvalue weighted by Crippen LogP contribution is 2.18. The maximum absolute atomic E-state index is 12.8. The molecule has 0 saturated heterocycles. The maximum atomic E-state index is 12.8. The van der Waals surface area contributed by atoms with Crippen molar-refractivity contribution in [3.63, 3.8) is 0 Å². The standard InChI is InChI=1S/C23H29N7O7/c1-8-35-20(32)17-27-16(12-30(17)7)36-21(33)18-25-15(11-29(18)6)26-19(31)14-9-13(10-28(14)5)24-22(34)37-23(2,3)4/h9-12H,8H2,1-7H3,(H,24,34)(H,26,31). The van der Waals surface area contributed by atoms with Crippen LogP contribution in [0.3, 0.4) is 0 Å². The summed E-state index contributed by atoms with van der Waals surface area (Å²) in [6.07, 6.45) is 3.69. The van der Waals surface area contributed by atoms with Crippen LogP contribution in [0.5, 0.6) is 5.88 Å². The quantitative estimate of drug-likeness (QED) is 0.450. The van der Waals surface area contributed by atoms with E-state index in [0.717, 1.165) is 0 Å². The Morgan fingerprint density at radius 2 is 1.54 bits per heavy atom. The van der Waals surface area contributed by atoms with Crippen LogP contribution in [0, 0.1) is 0 Å². The molecule has 0 aliphatic carbocycles. The number of nitrogens with one attached hydrogen (secondary N) is 2. The molecule has 0 spiro atoms. The predicted octanol–water partition coefficient (Wildman–Crippen LogP) is 2.49. The Kier molecular flexibility index (Phi) is 7.70. The number of nitrogens with zero attached hydrogens (tertiary/aromatic N) is 5. The Morgan fingerprint density at radius 1 is 0.892 bits per heavy atom. The third kappa shape index (κ3) is 6.74. The van der Waals surface area contributed by atoms with Crippen LogP contribution < -0.4 is 15.4 Å². The van der Waals surface area contributed by atoms with Crippen LogP contribution in [0.1, 0.15) is 59.4 Å². The molecule has 14 heteroatoms. The van der Waals surface area contributed by atoms with Crippen molar-refractivity contribution in [3.05, 3.63) is 42.0 Å². The Hall–Kier alpha value is -4.62. The van der Waals surface area contributed by atoms with Crippen molar-refractivity contribution in [1.29, 1.82) is 0 Å². The van der Waals surface area contributed by atoms with Gasteiger partial charge in [0.1, 0.15) is 11.3 Å². The van der Waals surface area contributed by atoms with Crippen LogP contribution in [0.2, 0.25) is 0 Å². The number of hydrogen-bond acceptors (Lipinski definition) is 9. The molecule has 3 rings (SSSR count). The van der Waals surface area contributed by atoms with Crippen molar-refractivity contribution < 1.29 is 33.4 Å². The number of amides is 2. The molecule has 0 fully saturated rings. The molecule has 198 valence electrons. The van der Waals surface area contributed by atoms with Gasteiger partial charge in [-0.15, -0.1) is 0 Å². The van der Waals surface area contributed by atoms with E-state index in [1.807, 2.05) is 0 Å². The van der Waals surface area contributed by atoms with E-state index in [-0.39, 0.29) is 35.6 Å². The number of ether oxygens (including phenoxy) is 3. The Morgan fingerprint density at radius 3 is 2.19 bits per heavy atom. The second-order valence-electron chi connectivity index (χ2n) is 8.99. The minimum absolute atomic E-state index is 0.0273. The van der Waals surface area contributed by atoms with Gasteiger partial charge in [0.2, 0.25) is 17.5 Å². The molecule has 0 aromatic carbocycles. The Labute approximate surface area is 212 Å². The first kappa shape index (κ1) is 27.0. The first-order valence-corrected chi connectivity index (χ1v) is 11.2. The van der Waals surface area contributed by atoms with Crippen LogP contribution in [0.25, 0.3) is 0 Å². The van der Waals surface area contributed by atoms with Crippen LogP contribution >= 0.6 is 0 Å². The van der Waals surface area contributed by atoms with Gasteiger partial charge in [-0.05, 0) is 33.8 Å². The molecule has 3 aromatic heterocycles. The van der Waals surface area contributed by atoms with E-state index in [1.54, 1.807) is 55.0 Å². The van der Waals surface area contributed by atoms with Crippen molar-refractivity contribution >= 4 is 35.4 Å². The lowest BCUT2D eigenvalue weighted by Gasteiger charge is -2.19. The maximum Gasteiger partial charge on any atom is 0.412 e. The number of imidazole rings is 2. The van der Waals surface area contributed by atoms with Gasteiger partial charge in [0.25, 0.3) is 5.91 Å². The number of hydrogen-bond donors (Lipinski definition) is 2. The second kappa shape index (κ2) is 10.6. The van der Waals surface area contributed by atoms with Crippen molar-refractivity contribution in [3.8, 4) is 5.88 Å². The predicted molar refractivity (Wildman–Crippen MR) is 131 cm³/mol. The molecule has 0 saturated carbocycles. The summed E-state index contributed by atoms with van der Waals surface area (Å²) in [5.41, 5.74) is -0.0815. The van der Waals surface area contributed by atoms with E-state index in [4.69, 9.17) is 14.2 Å². The van der Waals surface area contributed by atoms with E-state index in [9.17, 15) is 19.2 Å². The average Bonchev–Trinajstić information content (AvgIpc) is 3.43. The molecule has 2 N–H and O–H groups in total. The first-order chi connectivity index (χ1) is 17.3. The molecule has 0 unspecified atom stereocenters. The molecule has 0 atom stereocenters. The van der Waals surface area contributed by atoms with E-state index in [2.05, 4.69) is 20.6 Å². The zero-order valence-electron chi connectivity index (χ0n) is 21.6. The summed E-state index contributed by atoms with van der Waals surface area (Å²) in [4.78, 5) is 57.4. The van der Waals surface area contributed by atoms with Crippen molar-refractivity contribution in [1.82, 2.24) is 23.7 Å². The summed E-state index contributed by atoms with van der Waals surface area (Å²) in [6, 6.07) is 1.47. The van der Waals surface area contributed by atoms with E-state index in [0.29, 0.717) is 5.69 Å². The van der Waals surface area contributed by atoms with E-state index >= 15 is 0 Å². The highest BCUT2D eigenvalue weighted by molar-refractivity contribution is 6.04. The fraction of sp³-hybridized carbons (Fsp3) is 0.391. The van der Waals surface area contributed by atoms with Crippen LogP contribution in [0.4, 0.5) is 16.3 Å². The Bertz CT molecular complexity index is 1340. The number of anilines is 2. The molecular formula is C23H29N7O7. The third-order valence-electron chi connectivity index (χ3n) is 4.69. The molecular weight excluding hydrogens is 486 g/mol. The van der Waals surface area contributed by atoms with Gasteiger partial charge in [-0.25, -0.2) is 19.4 Å². The second-order valence-corrected chi connectivity index (χ2v) is 8.99. The summed E-state index contributed by atoms with van der Waals surface area (Å²) in [6.45, 7) is 7.06. The number of esters is 2. The lowest BCUT2D eigenvalue weighted by Crippen LogP contribution is -2.27. The number of aryl methyl sites for hydroxylation is 3. The fourth-order valence-corrected chi connectivity index (χ4v) is 3.19. The smallest absolute Gasteiger partial charge is 0.412 e. The summed E-state index contributed by atoms with van der Waals surface area (Å²) >= 11 is 0. The molecule has 37 heavy (non-hydrogen) atoms. The largest absolute Gasteiger partial charge is 0.460 e. The molecule has 0 aliphatic heterocycles. The molecule has 3 aromatic rings.